The molecule has 7 bridgehead atoms. The van der Waals surface area contributed by atoms with E-state index in [1.54, 1.807) is 21.3 Å². The number of rotatable bonds is 5. The van der Waals surface area contributed by atoms with Gasteiger partial charge in [-0.05, 0) is 31.7 Å². The van der Waals surface area contributed by atoms with E-state index in [0.717, 1.165) is 32.4 Å². The van der Waals surface area contributed by atoms with E-state index < -0.39 is 17.8 Å². The van der Waals surface area contributed by atoms with E-state index in [1.807, 2.05) is 0 Å². The lowest BCUT2D eigenvalue weighted by molar-refractivity contribution is -0.272. The summed E-state index contributed by atoms with van der Waals surface area (Å²) in [6.45, 7) is 4.63. The fraction of sp³-hybridized carbons (Fsp3) is 1.00. The first-order chi connectivity index (χ1) is 14.9. The molecule has 6 aliphatic rings. The van der Waals surface area contributed by atoms with Gasteiger partial charge in [-0.15, -0.1) is 0 Å². The van der Waals surface area contributed by atoms with Gasteiger partial charge >= 0.3 is 0 Å². The number of piperidine rings is 1. The fourth-order valence-corrected chi connectivity index (χ4v) is 10.7. The van der Waals surface area contributed by atoms with Gasteiger partial charge in [0.05, 0.1) is 36.6 Å². The van der Waals surface area contributed by atoms with Crippen molar-refractivity contribution in [2.24, 2.45) is 40.4 Å². The standard InChI is InChI=1S/C24H39NO6/c1-5-25-10-22(11-29-2)7-6-15(26)24-13-8-12-14(30-3)9-23(28,16(13)18(12)27)17(21(24)25)19(31-4)20(22)24/h12-21,26-28H,5-11H2,1-4H3/t12-,13-,14+,15?,16-,17+,18?,19?,20-,21+,22+,23-,24?/m1/s1. The van der Waals surface area contributed by atoms with Crippen LogP contribution in [-0.2, 0) is 14.2 Å². The summed E-state index contributed by atoms with van der Waals surface area (Å²) in [6, 6.07) is 0.0561. The molecular formula is C24H39NO6. The molecule has 6 fully saturated rings. The molecule has 0 radical (unpaired) electrons. The monoisotopic (exact) mass is 437 g/mol. The molecule has 4 unspecified atom stereocenters. The van der Waals surface area contributed by atoms with Crippen molar-refractivity contribution in [2.45, 2.75) is 68.7 Å². The fourth-order valence-electron chi connectivity index (χ4n) is 10.7. The van der Waals surface area contributed by atoms with E-state index in [-0.39, 0.29) is 58.7 Å². The molecule has 5 saturated carbocycles. The molecule has 3 N–H and O–H groups in total. The number of hydrogen-bond donors (Lipinski definition) is 3. The molecule has 13 atom stereocenters. The summed E-state index contributed by atoms with van der Waals surface area (Å²) in [5.41, 5.74) is -1.54. The maximum absolute atomic E-state index is 12.5. The highest BCUT2D eigenvalue weighted by Gasteiger charge is 2.86. The number of hydrogen-bond acceptors (Lipinski definition) is 7. The predicted molar refractivity (Wildman–Crippen MR) is 112 cm³/mol. The molecule has 1 aliphatic heterocycles. The molecule has 0 amide bonds. The van der Waals surface area contributed by atoms with Crippen LogP contribution < -0.4 is 0 Å². The zero-order chi connectivity index (χ0) is 21.9. The van der Waals surface area contributed by atoms with Gasteiger partial charge in [0, 0.05) is 74.8 Å². The van der Waals surface area contributed by atoms with Crippen LogP contribution in [0.1, 0.15) is 32.6 Å². The quantitative estimate of drug-likeness (QED) is 0.577. The topological polar surface area (TPSA) is 91.6 Å². The van der Waals surface area contributed by atoms with Gasteiger partial charge in [0.25, 0.3) is 0 Å². The van der Waals surface area contributed by atoms with E-state index in [1.165, 1.54) is 0 Å². The Bertz CT molecular complexity index is 752. The van der Waals surface area contributed by atoms with Gasteiger partial charge in [-0.1, -0.05) is 6.92 Å². The smallest absolute Gasteiger partial charge is 0.0796 e. The third kappa shape index (κ3) is 2.12. The van der Waals surface area contributed by atoms with Crippen molar-refractivity contribution in [3.8, 4) is 0 Å². The third-order valence-electron chi connectivity index (χ3n) is 11.1. The molecule has 176 valence electrons. The van der Waals surface area contributed by atoms with Crippen LogP contribution in [0, 0.1) is 40.4 Å². The van der Waals surface area contributed by atoms with Gasteiger partial charge in [-0.3, -0.25) is 4.90 Å². The van der Waals surface area contributed by atoms with Crippen LogP contribution in [0.5, 0.6) is 0 Å². The number of aliphatic hydroxyl groups is 3. The Morgan fingerprint density at radius 3 is 2.52 bits per heavy atom. The number of ether oxygens (including phenoxy) is 3. The minimum Gasteiger partial charge on any atom is -0.392 e. The lowest BCUT2D eigenvalue weighted by Gasteiger charge is -2.68. The molecule has 7 nitrogen and oxygen atoms in total. The highest BCUT2D eigenvalue weighted by atomic mass is 16.5. The Hall–Kier alpha value is -0.280. The van der Waals surface area contributed by atoms with Crippen LogP contribution in [0.2, 0.25) is 0 Å². The minimum atomic E-state index is -1.05. The molecule has 5 aliphatic carbocycles. The van der Waals surface area contributed by atoms with Crippen LogP contribution in [0.25, 0.3) is 0 Å². The average molecular weight is 438 g/mol. The van der Waals surface area contributed by atoms with Crippen LogP contribution in [0.3, 0.4) is 0 Å². The van der Waals surface area contributed by atoms with Gasteiger partial charge in [0.15, 0.2) is 0 Å². The van der Waals surface area contributed by atoms with Gasteiger partial charge in [-0.2, -0.15) is 0 Å². The number of fused-ring (bicyclic) bond motifs is 2. The molecule has 31 heavy (non-hydrogen) atoms. The van der Waals surface area contributed by atoms with E-state index in [2.05, 4.69) is 11.8 Å². The van der Waals surface area contributed by atoms with Crippen molar-refractivity contribution in [1.82, 2.24) is 4.90 Å². The van der Waals surface area contributed by atoms with Crippen LogP contribution >= 0.6 is 0 Å². The maximum atomic E-state index is 12.5. The molecule has 0 aromatic carbocycles. The van der Waals surface area contributed by atoms with Gasteiger partial charge in [0.1, 0.15) is 0 Å². The number of likely N-dealkylation sites (tertiary alicyclic amines) is 1. The molecule has 0 aromatic heterocycles. The van der Waals surface area contributed by atoms with Crippen molar-refractivity contribution in [1.29, 1.82) is 0 Å². The zero-order valence-corrected chi connectivity index (χ0v) is 19.2. The number of methoxy groups -OCH3 is 3. The van der Waals surface area contributed by atoms with E-state index in [4.69, 9.17) is 14.2 Å². The van der Waals surface area contributed by atoms with Crippen LogP contribution in [-0.4, -0.2) is 97.3 Å². The van der Waals surface area contributed by atoms with Gasteiger partial charge in [-0.25, -0.2) is 0 Å². The summed E-state index contributed by atoms with van der Waals surface area (Å²) in [5, 5.41) is 35.7. The largest absolute Gasteiger partial charge is 0.392 e. The van der Waals surface area contributed by atoms with Crippen molar-refractivity contribution < 1.29 is 29.5 Å². The Balaban J connectivity index is 1.62. The second-order valence-corrected chi connectivity index (χ2v) is 11.6. The van der Waals surface area contributed by atoms with Crippen molar-refractivity contribution in [2.75, 3.05) is 41.0 Å². The van der Waals surface area contributed by atoms with Crippen molar-refractivity contribution in [3.63, 3.8) is 0 Å². The van der Waals surface area contributed by atoms with Crippen molar-refractivity contribution >= 4 is 0 Å². The zero-order valence-electron chi connectivity index (χ0n) is 19.2. The first-order valence-electron chi connectivity index (χ1n) is 12.2. The van der Waals surface area contributed by atoms with E-state index in [9.17, 15) is 15.3 Å². The lowest BCUT2D eigenvalue weighted by Crippen LogP contribution is -2.76. The van der Waals surface area contributed by atoms with E-state index in [0.29, 0.717) is 13.0 Å². The molecule has 7 heteroatoms. The lowest BCUT2D eigenvalue weighted by atomic mass is 9.43. The maximum Gasteiger partial charge on any atom is 0.0796 e. The summed E-state index contributed by atoms with van der Waals surface area (Å²) in [5.74, 6) is -0.168. The van der Waals surface area contributed by atoms with Crippen LogP contribution in [0.15, 0.2) is 0 Å². The molecular weight excluding hydrogens is 398 g/mol. The Labute approximate surface area is 185 Å². The molecule has 0 aromatic rings. The highest BCUT2D eigenvalue weighted by molar-refractivity contribution is 5.35. The average Bonchev–Trinajstić information content (AvgIpc) is 3.16. The second-order valence-electron chi connectivity index (χ2n) is 11.6. The third-order valence-corrected chi connectivity index (χ3v) is 11.1. The Morgan fingerprint density at radius 1 is 1.10 bits per heavy atom. The van der Waals surface area contributed by atoms with Crippen molar-refractivity contribution in [3.05, 3.63) is 0 Å². The molecule has 6 rings (SSSR count). The van der Waals surface area contributed by atoms with Gasteiger partial charge in [0.2, 0.25) is 0 Å². The summed E-state index contributed by atoms with van der Waals surface area (Å²) >= 11 is 0. The number of nitrogens with zero attached hydrogens (tertiary/aromatic N) is 1. The Morgan fingerprint density at radius 2 is 1.87 bits per heavy atom. The van der Waals surface area contributed by atoms with Crippen LogP contribution in [0.4, 0.5) is 0 Å². The summed E-state index contributed by atoms with van der Waals surface area (Å²) < 4.78 is 18.0. The summed E-state index contributed by atoms with van der Waals surface area (Å²) in [7, 11) is 5.24. The highest BCUT2D eigenvalue weighted by Crippen LogP contribution is 2.79. The first-order valence-corrected chi connectivity index (χ1v) is 12.2. The number of aliphatic hydroxyl groups excluding tert-OH is 2. The summed E-state index contributed by atoms with van der Waals surface area (Å²) in [6.07, 6.45) is 1.65. The second kappa shape index (κ2) is 6.65. The summed E-state index contributed by atoms with van der Waals surface area (Å²) in [4.78, 5) is 2.52. The van der Waals surface area contributed by atoms with E-state index >= 15 is 0 Å². The Kier molecular flexibility index (Phi) is 4.56. The minimum absolute atomic E-state index is 0.0248. The molecule has 1 heterocycles. The first kappa shape index (κ1) is 21.3. The predicted octanol–water partition coefficient (Wildman–Crippen LogP) is 0.502. The SMILES string of the molecule is CCN1C[C@]2(COC)CCC(O)C34[C@@H]5C[C@H]6C(O)[C@@H]5[C@](O)(C[C@@H]6OC)[C@@H](C(OC)[C@@H]32)[C@H]14. The molecule has 1 saturated heterocycles. The normalized spacial score (nSPS) is 61.6. The van der Waals surface area contributed by atoms with Gasteiger partial charge < -0.3 is 29.5 Å². The molecule has 1 spiro atoms.